The smallest absolute Gasteiger partial charge is 0.412 e. The fourth-order valence-electron chi connectivity index (χ4n) is 2.61. The number of rotatable bonds is 8. The van der Waals surface area contributed by atoms with Crippen LogP contribution in [0.3, 0.4) is 0 Å². The number of nitrogens with one attached hydrogen (secondary N) is 2. The van der Waals surface area contributed by atoms with Crippen molar-refractivity contribution in [1.29, 1.82) is 5.26 Å². The molecule has 2 rings (SSSR count). The normalized spacial score (nSPS) is 12.6. The minimum Gasteiger partial charge on any atom is -0.508 e. The van der Waals surface area contributed by atoms with Gasteiger partial charge in [0.15, 0.2) is 6.10 Å². The van der Waals surface area contributed by atoms with Crippen molar-refractivity contribution in [2.24, 2.45) is 0 Å². The number of hydrogen-bond acceptors (Lipinski definition) is 7. The number of aromatic hydroxyl groups is 1. The fraction of sp³-hybridized carbons (Fsp3) is 0.190. The molecule has 0 spiro atoms. The van der Waals surface area contributed by atoms with E-state index in [1.807, 2.05) is 28.7 Å². The highest BCUT2D eigenvalue weighted by Gasteiger charge is 2.29. The van der Waals surface area contributed by atoms with Crippen LogP contribution in [0.2, 0.25) is 0 Å². The Morgan fingerprint density at radius 2 is 1.97 bits per heavy atom. The van der Waals surface area contributed by atoms with E-state index in [4.69, 9.17) is 19.9 Å². The lowest BCUT2D eigenvalue weighted by atomic mass is 10.0. The van der Waals surface area contributed by atoms with Gasteiger partial charge in [-0.1, -0.05) is 0 Å². The van der Waals surface area contributed by atoms with Crippen molar-refractivity contribution in [3.8, 4) is 11.8 Å². The van der Waals surface area contributed by atoms with Gasteiger partial charge in [-0.2, -0.15) is 5.26 Å². The van der Waals surface area contributed by atoms with Crippen LogP contribution in [0.5, 0.6) is 5.75 Å². The number of carbonyl (C=O) groups excluding carboxylic acids is 2. The van der Waals surface area contributed by atoms with E-state index >= 15 is 0 Å². The lowest BCUT2D eigenvalue weighted by molar-refractivity contribution is -0.124. The molecule has 2 aromatic rings. The van der Waals surface area contributed by atoms with Crippen molar-refractivity contribution in [3.63, 3.8) is 0 Å². The summed E-state index contributed by atoms with van der Waals surface area (Å²) < 4.78 is 12.0. The number of anilines is 1. The number of hydroxylamine groups is 1. The number of phenolic OH excluding ortho intramolecular Hbond substituents is 1. The highest BCUT2D eigenvalue weighted by Crippen LogP contribution is 2.33. The van der Waals surface area contributed by atoms with E-state index in [1.54, 1.807) is 31.2 Å². The minimum absolute atomic E-state index is 0.124. The Kier molecular flexibility index (Phi) is 9.26. The fourth-order valence-corrected chi connectivity index (χ4v) is 3.12. The molecular weight excluding hydrogens is 517 g/mol. The monoisotopic (exact) mass is 537 g/mol. The van der Waals surface area contributed by atoms with Gasteiger partial charge >= 0.3 is 6.09 Å². The second-order valence-corrected chi connectivity index (χ2v) is 7.34. The van der Waals surface area contributed by atoms with Gasteiger partial charge < -0.3 is 14.6 Å². The summed E-state index contributed by atoms with van der Waals surface area (Å²) in [7, 11) is 0. The Morgan fingerprint density at radius 3 is 2.58 bits per heavy atom. The molecule has 4 N–H and O–H groups in total. The van der Waals surface area contributed by atoms with Gasteiger partial charge in [-0.25, -0.2) is 10.3 Å². The summed E-state index contributed by atoms with van der Waals surface area (Å²) >= 11 is 2.05. The first-order chi connectivity index (χ1) is 14.9. The van der Waals surface area contributed by atoms with Crippen LogP contribution in [0.25, 0.3) is 0 Å². The molecule has 10 heteroatoms. The lowest BCUT2D eigenvalue weighted by Gasteiger charge is -2.26. The maximum Gasteiger partial charge on any atom is 0.412 e. The first kappa shape index (κ1) is 24.1. The third kappa shape index (κ3) is 7.25. The Bertz CT molecular complexity index is 988. The molecule has 0 fully saturated rings. The van der Waals surface area contributed by atoms with Crippen molar-refractivity contribution in [2.45, 2.75) is 19.1 Å². The zero-order valence-electron chi connectivity index (χ0n) is 16.4. The van der Waals surface area contributed by atoms with Gasteiger partial charge in [0.25, 0.3) is 5.91 Å². The molecule has 2 amide bonds. The molecule has 0 aliphatic carbocycles. The third-order valence-electron chi connectivity index (χ3n) is 4.00. The SMILES string of the molecule is CCO[C@@H](/C=C/C(=O)NO)[C@@H](OC(=O)Nc1ccc(C#N)cc1)c1cc(I)ccc1O. The van der Waals surface area contributed by atoms with E-state index < -0.39 is 24.2 Å². The van der Waals surface area contributed by atoms with Gasteiger partial charge in [0.1, 0.15) is 11.9 Å². The minimum atomic E-state index is -1.12. The summed E-state index contributed by atoms with van der Waals surface area (Å²) in [5.41, 5.74) is 2.58. The van der Waals surface area contributed by atoms with E-state index in [0.717, 1.165) is 9.65 Å². The highest BCUT2D eigenvalue weighted by molar-refractivity contribution is 14.1. The standard InChI is InChI=1S/C21H20IN3O6/c1-2-30-18(9-10-19(27)25-29)20(16-11-14(22)5-8-17(16)26)31-21(28)24-15-6-3-13(12-23)4-7-15/h3-11,18,20,26,29H,2H2,1H3,(H,24,28)(H,25,27)/b10-9+/t18-,20-/m0/s1. The van der Waals surface area contributed by atoms with Crippen LogP contribution in [0, 0.1) is 14.9 Å². The average molecular weight is 537 g/mol. The maximum atomic E-state index is 12.6. The van der Waals surface area contributed by atoms with E-state index in [1.165, 1.54) is 29.8 Å². The van der Waals surface area contributed by atoms with Gasteiger partial charge in [0, 0.05) is 27.5 Å². The van der Waals surface area contributed by atoms with E-state index in [2.05, 4.69) is 5.32 Å². The van der Waals surface area contributed by atoms with Gasteiger partial charge in [0.05, 0.1) is 11.6 Å². The summed E-state index contributed by atoms with van der Waals surface area (Å²) in [6.45, 7) is 1.94. The molecule has 0 aliphatic heterocycles. The van der Waals surface area contributed by atoms with Gasteiger partial charge in [-0.3, -0.25) is 15.3 Å². The number of nitrogens with zero attached hydrogens (tertiary/aromatic N) is 1. The molecule has 2 atom stereocenters. The Balaban J connectivity index is 2.34. The number of halogens is 1. The Labute approximate surface area is 192 Å². The van der Waals surface area contributed by atoms with Crippen molar-refractivity contribution < 1.29 is 29.4 Å². The van der Waals surface area contributed by atoms with Crippen LogP contribution in [0.4, 0.5) is 10.5 Å². The molecular formula is C21H20IN3O6. The number of nitriles is 1. The van der Waals surface area contributed by atoms with Crippen molar-refractivity contribution in [1.82, 2.24) is 5.48 Å². The zero-order chi connectivity index (χ0) is 22.8. The third-order valence-corrected chi connectivity index (χ3v) is 4.67. The molecule has 0 saturated heterocycles. The summed E-state index contributed by atoms with van der Waals surface area (Å²) in [6.07, 6.45) is -0.555. The number of carbonyl (C=O) groups is 2. The number of amides is 2. The molecule has 0 unspecified atom stereocenters. The average Bonchev–Trinajstić information content (AvgIpc) is 2.77. The van der Waals surface area contributed by atoms with Crippen LogP contribution in [0.1, 0.15) is 24.2 Å². The van der Waals surface area contributed by atoms with Gasteiger partial charge in [0.2, 0.25) is 0 Å². The van der Waals surface area contributed by atoms with Crippen LogP contribution in [-0.2, 0) is 14.3 Å². The number of benzene rings is 2. The second kappa shape index (κ2) is 11.9. The summed E-state index contributed by atoms with van der Waals surface area (Å²) in [4.78, 5) is 24.0. The summed E-state index contributed by atoms with van der Waals surface area (Å²) in [6, 6.07) is 12.9. The van der Waals surface area contributed by atoms with Crippen LogP contribution >= 0.6 is 22.6 Å². The first-order valence-electron chi connectivity index (χ1n) is 9.08. The lowest BCUT2D eigenvalue weighted by Crippen LogP contribution is -2.28. The van der Waals surface area contributed by atoms with Gasteiger partial charge in [-0.15, -0.1) is 0 Å². The molecule has 0 aromatic heterocycles. The van der Waals surface area contributed by atoms with Crippen molar-refractivity contribution in [2.75, 3.05) is 11.9 Å². The van der Waals surface area contributed by atoms with Crippen LogP contribution in [-0.4, -0.2) is 35.0 Å². The molecule has 0 aliphatic rings. The van der Waals surface area contributed by atoms with Crippen LogP contribution < -0.4 is 10.8 Å². The molecule has 0 bridgehead atoms. The van der Waals surface area contributed by atoms with Crippen molar-refractivity contribution in [3.05, 3.63) is 69.3 Å². The summed E-state index contributed by atoms with van der Waals surface area (Å²) in [5, 5.41) is 30.5. The predicted octanol–water partition coefficient (Wildman–Crippen LogP) is 3.62. The molecule has 0 heterocycles. The van der Waals surface area contributed by atoms with E-state index in [0.29, 0.717) is 11.3 Å². The summed E-state index contributed by atoms with van der Waals surface area (Å²) in [5.74, 6) is -0.918. The molecule has 2 aromatic carbocycles. The first-order valence-corrected chi connectivity index (χ1v) is 10.2. The van der Waals surface area contributed by atoms with E-state index in [-0.39, 0.29) is 17.9 Å². The number of phenols is 1. The van der Waals surface area contributed by atoms with Gasteiger partial charge in [-0.05, 0) is 78.1 Å². The molecule has 0 radical (unpaired) electrons. The molecule has 0 saturated carbocycles. The topological polar surface area (TPSA) is 141 Å². The number of hydrogen-bond donors (Lipinski definition) is 4. The second-order valence-electron chi connectivity index (χ2n) is 6.10. The molecule has 9 nitrogen and oxygen atoms in total. The zero-order valence-corrected chi connectivity index (χ0v) is 18.6. The Hall–Kier alpha value is -3.14. The Morgan fingerprint density at radius 1 is 1.26 bits per heavy atom. The molecule has 162 valence electrons. The largest absolute Gasteiger partial charge is 0.508 e. The molecule has 31 heavy (non-hydrogen) atoms. The quantitative estimate of drug-likeness (QED) is 0.175. The highest BCUT2D eigenvalue weighted by atomic mass is 127. The van der Waals surface area contributed by atoms with E-state index in [9.17, 15) is 14.7 Å². The van der Waals surface area contributed by atoms with Crippen LogP contribution in [0.15, 0.2) is 54.6 Å². The van der Waals surface area contributed by atoms with Crippen molar-refractivity contribution >= 4 is 40.3 Å². The maximum absolute atomic E-state index is 12.6. The predicted molar refractivity (Wildman–Crippen MR) is 119 cm³/mol. The number of ether oxygens (including phenoxy) is 2.